The molecule has 0 unspecified atom stereocenters. The SMILES string of the molecule is C/C=C/COCC#CCOc1ccccc1[N+]#N.F[B-](F)(F)F. The number of para-hydroxylation sites is 1. The average molecular weight is 330 g/mol. The van der Waals surface area contributed by atoms with Crippen molar-refractivity contribution < 1.29 is 26.7 Å². The van der Waals surface area contributed by atoms with E-state index in [0.29, 0.717) is 24.7 Å². The zero-order chi connectivity index (χ0) is 17.6. The van der Waals surface area contributed by atoms with Crippen LogP contribution < -0.4 is 4.74 Å². The van der Waals surface area contributed by atoms with Crippen LogP contribution in [0.1, 0.15) is 6.92 Å². The minimum atomic E-state index is -6.00. The predicted molar refractivity (Wildman–Crippen MR) is 80.3 cm³/mol. The summed E-state index contributed by atoms with van der Waals surface area (Å²) in [6.45, 7) is 3.12. The smallest absolute Gasteiger partial charge is 0.473 e. The predicted octanol–water partition coefficient (Wildman–Crippen LogP) is 4.45. The van der Waals surface area contributed by atoms with E-state index in [4.69, 9.17) is 14.9 Å². The molecular weight excluding hydrogens is 315 g/mol. The van der Waals surface area contributed by atoms with Crippen LogP contribution in [0.4, 0.5) is 23.0 Å². The molecule has 23 heavy (non-hydrogen) atoms. The van der Waals surface area contributed by atoms with Gasteiger partial charge in [-0.2, -0.15) is 0 Å². The first-order chi connectivity index (χ1) is 10.9. The monoisotopic (exact) mass is 330 g/mol. The molecule has 0 aliphatic heterocycles. The van der Waals surface area contributed by atoms with Gasteiger partial charge >= 0.3 is 12.9 Å². The summed E-state index contributed by atoms with van der Waals surface area (Å²) in [5, 5.41) is 8.72. The number of halogens is 4. The summed E-state index contributed by atoms with van der Waals surface area (Å²) in [7, 11) is -6.00. The van der Waals surface area contributed by atoms with Crippen molar-refractivity contribution >= 4 is 12.9 Å². The summed E-state index contributed by atoms with van der Waals surface area (Å²) < 4.78 is 49.6. The lowest BCUT2D eigenvalue weighted by atomic mass is 10.3. The van der Waals surface area contributed by atoms with Gasteiger partial charge in [0.1, 0.15) is 13.2 Å². The number of rotatable bonds is 5. The van der Waals surface area contributed by atoms with E-state index in [1.165, 1.54) is 0 Å². The summed E-state index contributed by atoms with van der Waals surface area (Å²) in [6, 6.07) is 6.95. The molecule has 0 spiro atoms. The molecule has 0 aromatic heterocycles. The Morgan fingerprint density at radius 2 is 1.78 bits per heavy atom. The fourth-order valence-electron chi connectivity index (χ4n) is 1.15. The fourth-order valence-corrected chi connectivity index (χ4v) is 1.15. The number of ether oxygens (including phenoxy) is 2. The largest absolute Gasteiger partial charge is 0.673 e. The van der Waals surface area contributed by atoms with Gasteiger partial charge < -0.3 is 26.7 Å². The number of hydrogen-bond acceptors (Lipinski definition) is 3. The number of benzene rings is 1. The van der Waals surface area contributed by atoms with Gasteiger partial charge in [-0.3, -0.25) is 0 Å². The van der Waals surface area contributed by atoms with Gasteiger partial charge in [-0.15, -0.1) is 0 Å². The topological polar surface area (TPSA) is 46.6 Å². The Morgan fingerprint density at radius 1 is 1.17 bits per heavy atom. The molecule has 1 rings (SSSR count). The highest BCUT2D eigenvalue weighted by Crippen LogP contribution is 2.26. The number of hydrogen-bond donors (Lipinski definition) is 0. The molecule has 0 saturated heterocycles. The van der Waals surface area contributed by atoms with Crippen molar-refractivity contribution in [1.82, 2.24) is 0 Å². The van der Waals surface area contributed by atoms with Crippen LogP contribution in [0.15, 0.2) is 36.4 Å². The second kappa shape index (κ2) is 12.1. The molecule has 0 atom stereocenters. The van der Waals surface area contributed by atoms with Gasteiger partial charge in [-0.1, -0.05) is 36.1 Å². The van der Waals surface area contributed by atoms with Gasteiger partial charge in [-0.25, -0.2) is 0 Å². The second-order valence-corrected chi connectivity index (χ2v) is 3.79. The van der Waals surface area contributed by atoms with Gasteiger partial charge in [0.2, 0.25) is 11.1 Å². The quantitative estimate of drug-likeness (QED) is 0.200. The van der Waals surface area contributed by atoms with Crippen molar-refractivity contribution in [3.05, 3.63) is 41.4 Å². The Kier molecular flexibility index (Phi) is 10.8. The minimum Gasteiger partial charge on any atom is -0.473 e. The normalized spacial score (nSPS) is 10.1. The van der Waals surface area contributed by atoms with Crippen molar-refractivity contribution in [3.8, 4) is 17.6 Å². The molecule has 9 heteroatoms. The first kappa shape index (κ1) is 20.5. The summed E-state index contributed by atoms with van der Waals surface area (Å²) in [6.07, 6.45) is 3.84. The van der Waals surface area contributed by atoms with E-state index in [-0.39, 0.29) is 6.61 Å². The Labute approximate surface area is 131 Å². The molecule has 0 N–H and O–H groups in total. The molecule has 124 valence electrons. The first-order valence-corrected chi connectivity index (χ1v) is 6.47. The van der Waals surface area contributed by atoms with E-state index < -0.39 is 7.25 Å². The molecule has 1 aromatic carbocycles. The van der Waals surface area contributed by atoms with Gasteiger partial charge in [-0.05, 0) is 13.0 Å². The first-order valence-electron chi connectivity index (χ1n) is 6.47. The standard InChI is InChI=1S/C14H15N2O2.BF4/c1-2-3-10-17-11-6-7-12-18-14-9-5-4-8-13(14)16-15;2-1(3,4)5/h2-5,8-9H,10-12H2,1H3;/q+1;-1/b3-2+;. The van der Waals surface area contributed by atoms with Crippen LogP contribution in [0, 0.1) is 17.2 Å². The third-order valence-corrected chi connectivity index (χ3v) is 2.02. The zero-order valence-electron chi connectivity index (χ0n) is 12.4. The molecule has 4 nitrogen and oxygen atoms in total. The van der Waals surface area contributed by atoms with Gasteiger partial charge in [0.15, 0.2) is 4.98 Å². The number of allylic oxidation sites excluding steroid dienone is 1. The number of nitrogens with zero attached hydrogens (tertiary/aromatic N) is 2. The van der Waals surface area contributed by atoms with E-state index >= 15 is 0 Å². The Morgan fingerprint density at radius 3 is 2.39 bits per heavy atom. The molecule has 0 heterocycles. The lowest BCUT2D eigenvalue weighted by molar-refractivity contribution is 0.199. The minimum absolute atomic E-state index is 0.236. The van der Waals surface area contributed by atoms with E-state index in [1.807, 2.05) is 19.1 Å². The van der Waals surface area contributed by atoms with E-state index in [1.54, 1.807) is 24.3 Å². The van der Waals surface area contributed by atoms with Gasteiger partial charge in [0.25, 0.3) is 0 Å². The Hall–Kier alpha value is -2.52. The van der Waals surface area contributed by atoms with Gasteiger partial charge in [0.05, 0.1) is 6.61 Å². The van der Waals surface area contributed by atoms with Crippen LogP contribution in [0.3, 0.4) is 0 Å². The van der Waals surface area contributed by atoms with E-state index in [9.17, 15) is 17.3 Å². The highest BCUT2D eigenvalue weighted by Gasteiger charge is 2.20. The fraction of sp³-hybridized carbons (Fsp3) is 0.286. The van der Waals surface area contributed by atoms with Crippen molar-refractivity contribution in [1.29, 1.82) is 5.39 Å². The highest BCUT2D eigenvalue weighted by atomic mass is 19.5. The average Bonchev–Trinajstić information content (AvgIpc) is 2.48. The summed E-state index contributed by atoms with van der Waals surface area (Å²) in [5.41, 5.74) is 0.392. The van der Waals surface area contributed by atoms with E-state index in [2.05, 4.69) is 16.8 Å². The van der Waals surface area contributed by atoms with Crippen LogP contribution in [0.5, 0.6) is 5.75 Å². The Bertz CT molecular complexity index is 583. The van der Waals surface area contributed by atoms with Crippen LogP contribution in [0.25, 0.3) is 4.98 Å². The summed E-state index contributed by atoms with van der Waals surface area (Å²) >= 11 is 0. The van der Waals surface area contributed by atoms with Crippen molar-refractivity contribution in [2.24, 2.45) is 0 Å². The lowest BCUT2D eigenvalue weighted by Crippen LogP contribution is -2.02. The molecule has 0 amide bonds. The van der Waals surface area contributed by atoms with Crippen molar-refractivity contribution in [2.75, 3.05) is 19.8 Å². The molecular formula is C14H15BF4N2O2. The highest BCUT2D eigenvalue weighted by molar-refractivity contribution is 6.50. The van der Waals surface area contributed by atoms with E-state index in [0.717, 1.165) is 0 Å². The maximum absolute atomic E-state index is 9.75. The lowest BCUT2D eigenvalue weighted by Gasteiger charge is -1.97. The van der Waals surface area contributed by atoms with Crippen LogP contribution >= 0.6 is 0 Å². The molecule has 0 fully saturated rings. The third kappa shape index (κ3) is 14.2. The third-order valence-electron chi connectivity index (χ3n) is 2.02. The van der Waals surface area contributed by atoms with Gasteiger partial charge in [0, 0.05) is 6.07 Å². The summed E-state index contributed by atoms with van der Waals surface area (Å²) in [5.74, 6) is 6.15. The second-order valence-electron chi connectivity index (χ2n) is 3.79. The maximum atomic E-state index is 9.75. The molecule has 0 radical (unpaired) electrons. The molecule has 0 aliphatic carbocycles. The van der Waals surface area contributed by atoms with Crippen molar-refractivity contribution in [2.45, 2.75) is 6.92 Å². The van der Waals surface area contributed by atoms with Crippen LogP contribution in [-0.2, 0) is 4.74 Å². The molecule has 0 aliphatic rings. The maximum Gasteiger partial charge on any atom is 0.673 e. The van der Waals surface area contributed by atoms with Crippen LogP contribution in [0.2, 0.25) is 0 Å². The molecule has 0 bridgehead atoms. The van der Waals surface area contributed by atoms with Crippen LogP contribution in [-0.4, -0.2) is 27.1 Å². The zero-order valence-corrected chi connectivity index (χ0v) is 12.4. The molecule has 1 aromatic rings. The number of diazo groups is 1. The Balaban J connectivity index is 0.000000841. The molecule has 0 saturated carbocycles. The summed E-state index contributed by atoms with van der Waals surface area (Å²) in [4.78, 5) is 3.11. The van der Waals surface area contributed by atoms with Crippen molar-refractivity contribution in [3.63, 3.8) is 0 Å².